The van der Waals surface area contributed by atoms with Crippen molar-refractivity contribution < 1.29 is 0 Å². The molecule has 9 heteroatoms. The summed E-state index contributed by atoms with van der Waals surface area (Å²) in [4.78, 5) is 0. The Morgan fingerprint density at radius 1 is 1.05 bits per heavy atom. The predicted octanol–water partition coefficient (Wildman–Crippen LogP) is 1.60. The largest absolute Gasteiger partial charge is 0.220 e. The topological polar surface area (TPSA) is 87.2 Å². The number of para-hydroxylation sites is 1. The van der Waals surface area contributed by atoms with Gasteiger partial charge in [0.1, 0.15) is 0 Å². The van der Waals surface area contributed by atoms with E-state index >= 15 is 0 Å². The Kier molecular flexibility index (Phi) is 4.42. The number of nitrogens with zero attached hydrogens (tertiary/aromatic N) is 8. The summed E-state index contributed by atoms with van der Waals surface area (Å²) in [5.41, 5.74) is 0.935. The van der Waals surface area contributed by atoms with Crippen molar-refractivity contribution in [2.45, 2.75) is 31.3 Å². The fourth-order valence-corrected chi connectivity index (χ4v) is 2.75. The van der Waals surface area contributed by atoms with Gasteiger partial charge in [-0.2, -0.15) is 4.68 Å². The Hall–Kier alpha value is -2.29. The van der Waals surface area contributed by atoms with Crippen LogP contribution >= 0.6 is 11.8 Å². The molecule has 0 radical (unpaired) electrons. The summed E-state index contributed by atoms with van der Waals surface area (Å²) in [6.45, 7) is 5.05. The van der Waals surface area contributed by atoms with E-state index in [9.17, 15) is 0 Å². The van der Waals surface area contributed by atoms with E-state index in [2.05, 4.69) is 44.9 Å². The van der Waals surface area contributed by atoms with E-state index in [0.717, 1.165) is 23.2 Å². The van der Waals surface area contributed by atoms with Gasteiger partial charge in [-0.15, -0.1) is 10.2 Å². The molecule has 0 saturated heterocycles. The first-order valence-corrected chi connectivity index (χ1v) is 7.94. The van der Waals surface area contributed by atoms with Crippen LogP contribution in [0.4, 0.5) is 0 Å². The molecular formula is C13H16N8S. The van der Waals surface area contributed by atoms with Gasteiger partial charge in [-0.3, -0.25) is 0 Å². The Labute approximate surface area is 131 Å². The molecular weight excluding hydrogens is 300 g/mol. The maximum atomic E-state index is 4.09. The average Bonchev–Trinajstić information content (AvgIpc) is 3.14. The van der Waals surface area contributed by atoms with Gasteiger partial charge in [0.2, 0.25) is 5.16 Å². The zero-order valence-corrected chi connectivity index (χ0v) is 13.2. The van der Waals surface area contributed by atoms with Crippen molar-refractivity contribution in [3.63, 3.8) is 0 Å². The Morgan fingerprint density at radius 2 is 1.82 bits per heavy atom. The standard InChI is InChI=1S/C13H16N8S/c1-10(2)8-20-13(15-17-18-20)22-9-12-14-16-19-21(12)11-6-4-3-5-7-11/h3-7,10H,8-9H2,1-2H3. The molecule has 114 valence electrons. The number of hydrogen-bond donors (Lipinski definition) is 0. The molecule has 2 heterocycles. The van der Waals surface area contributed by atoms with Crippen LogP contribution in [0.25, 0.3) is 5.69 Å². The fourth-order valence-electron chi connectivity index (χ4n) is 1.95. The summed E-state index contributed by atoms with van der Waals surface area (Å²) >= 11 is 1.53. The second-order valence-corrected chi connectivity index (χ2v) is 6.11. The summed E-state index contributed by atoms with van der Waals surface area (Å²) in [5, 5.41) is 24.5. The van der Waals surface area contributed by atoms with Crippen molar-refractivity contribution in [3.05, 3.63) is 36.2 Å². The monoisotopic (exact) mass is 316 g/mol. The van der Waals surface area contributed by atoms with Crippen molar-refractivity contribution in [1.82, 2.24) is 40.4 Å². The number of aromatic nitrogens is 8. The third-order valence-electron chi connectivity index (χ3n) is 2.90. The van der Waals surface area contributed by atoms with Gasteiger partial charge in [0.25, 0.3) is 0 Å². The lowest BCUT2D eigenvalue weighted by molar-refractivity contribution is 0.445. The lowest BCUT2D eigenvalue weighted by Gasteiger charge is -2.06. The van der Waals surface area contributed by atoms with E-state index in [4.69, 9.17) is 0 Å². The summed E-state index contributed by atoms with van der Waals surface area (Å²) < 4.78 is 3.54. The van der Waals surface area contributed by atoms with Crippen LogP contribution in [0.5, 0.6) is 0 Å². The molecule has 0 bridgehead atoms. The second kappa shape index (κ2) is 6.65. The predicted molar refractivity (Wildman–Crippen MR) is 81.4 cm³/mol. The molecule has 0 aliphatic rings. The fraction of sp³-hybridized carbons (Fsp3) is 0.385. The van der Waals surface area contributed by atoms with E-state index in [1.54, 1.807) is 4.68 Å². The van der Waals surface area contributed by atoms with Crippen LogP contribution < -0.4 is 0 Å². The van der Waals surface area contributed by atoms with E-state index in [1.165, 1.54) is 11.8 Å². The third kappa shape index (κ3) is 3.30. The number of thioether (sulfide) groups is 1. The van der Waals surface area contributed by atoms with Crippen LogP contribution in [-0.2, 0) is 12.3 Å². The van der Waals surface area contributed by atoms with Crippen LogP contribution in [0, 0.1) is 5.92 Å². The molecule has 0 N–H and O–H groups in total. The van der Waals surface area contributed by atoms with Gasteiger partial charge in [0.15, 0.2) is 5.82 Å². The number of benzene rings is 1. The molecule has 0 atom stereocenters. The van der Waals surface area contributed by atoms with E-state index < -0.39 is 0 Å². The molecule has 0 aliphatic carbocycles. The van der Waals surface area contributed by atoms with Gasteiger partial charge in [0, 0.05) is 6.54 Å². The van der Waals surface area contributed by atoms with Crippen LogP contribution in [0.15, 0.2) is 35.5 Å². The molecule has 0 saturated carbocycles. The molecule has 0 amide bonds. The maximum Gasteiger partial charge on any atom is 0.209 e. The first-order valence-electron chi connectivity index (χ1n) is 6.95. The highest BCUT2D eigenvalue weighted by Crippen LogP contribution is 2.20. The van der Waals surface area contributed by atoms with E-state index in [-0.39, 0.29) is 0 Å². The van der Waals surface area contributed by atoms with Gasteiger partial charge in [0.05, 0.1) is 11.4 Å². The van der Waals surface area contributed by atoms with Gasteiger partial charge in [-0.1, -0.05) is 43.8 Å². The smallest absolute Gasteiger partial charge is 0.209 e. The Morgan fingerprint density at radius 3 is 2.59 bits per heavy atom. The molecule has 3 rings (SSSR count). The molecule has 0 unspecified atom stereocenters. The van der Waals surface area contributed by atoms with Gasteiger partial charge < -0.3 is 0 Å². The maximum absolute atomic E-state index is 4.09. The summed E-state index contributed by atoms with van der Waals surface area (Å²) in [6, 6.07) is 9.80. The average molecular weight is 316 g/mol. The van der Waals surface area contributed by atoms with Crippen molar-refractivity contribution in [2.24, 2.45) is 5.92 Å². The molecule has 8 nitrogen and oxygen atoms in total. The molecule has 1 aromatic carbocycles. The third-order valence-corrected chi connectivity index (χ3v) is 3.86. The first-order chi connectivity index (χ1) is 10.7. The van der Waals surface area contributed by atoms with Gasteiger partial charge in [-0.05, 0) is 38.9 Å². The molecule has 0 spiro atoms. The second-order valence-electron chi connectivity index (χ2n) is 5.17. The number of hydrogen-bond acceptors (Lipinski definition) is 7. The van der Waals surface area contributed by atoms with E-state index in [0.29, 0.717) is 11.7 Å². The van der Waals surface area contributed by atoms with Crippen LogP contribution in [-0.4, -0.2) is 40.4 Å². The lowest BCUT2D eigenvalue weighted by Crippen LogP contribution is -2.08. The summed E-state index contributed by atoms with van der Waals surface area (Å²) in [7, 11) is 0. The molecule has 3 aromatic rings. The van der Waals surface area contributed by atoms with Crippen molar-refractivity contribution in [3.8, 4) is 5.69 Å². The Balaban J connectivity index is 1.73. The summed E-state index contributed by atoms with van der Waals surface area (Å²) in [6.07, 6.45) is 0. The first kappa shape index (κ1) is 14.6. The Bertz CT molecular complexity index is 720. The molecule has 0 fully saturated rings. The van der Waals surface area contributed by atoms with Gasteiger partial charge in [-0.25, -0.2) is 4.68 Å². The number of tetrazole rings is 2. The normalized spacial score (nSPS) is 11.2. The van der Waals surface area contributed by atoms with Crippen molar-refractivity contribution in [1.29, 1.82) is 0 Å². The summed E-state index contributed by atoms with van der Waals surface area (Å²) in [5.74, 6) is 1.84. The van der Waals surface area contributed by atoms with Gasteiger partial charge >= 0.3 is 0 Å². The SMILES string of the molecule is CC(C)Cn1nnnc1SCc1nnnn1-c1ccccc1. The number of rotatable bonds is 6. The van der Waals surface area contributed by atoms with Crippen molar-refractivity contribution in [2.75, 3.05) is 0 Å². The molecule has 2 aromatic heterocycles. The minimum atomic E-state index is 0.484. The highest BCUT2D eigenvalue weighted by atomic mass is 32.2. The zero-order chi connectivity index (χ0) is 15.4. The highest BCUT2D eigenvalue weighted by Gasteiger charge is 2.13. The van der Waals surface area contributed by atoms with E-state index in [1.807, 2.05) is 35.0 Å². The molecule has 22 heavy (non-hydrogen) atoms. The van der Waals surface area contributed by atoms with Crippen LogP contribution in [0.1, 0.15) is 19.7 Å². The lowest BCUT2D eigenvalue weighted by atomic mass is 10.2. The van der Waals surface area contributed by atoms with Crippen molar-refractivity contribution >= 4 is 11.8 Å². The highest BCUT2D eigenvalue weighted by molar-refractivity contribution is 7.98. The zero-order valence-electron chi connectivity index (χ0n) is 12.4. The molecule has 0 aliphatic heterocycles. The quantitative estimate of drug-likeness (QED) is 0.638. The minimum absolute atomic E-state index is 0.484. The minimum Gasteiger partial charge on any atom is -0.220 e. The van der Waals surface area contributed by atoms with Crippen LogP contribution in [0.3, 0.4) is 0 Å². The van der Waals surface area contributed by atoms with Crippen LogP contribution in [0.2, 0.25) is 0 Å².